The van der Waals surface area contributed by atoms with Gasteiger partial charge in [-0.05, 0) is 109 Å². The van der Waals surface area contributed by atoms with E-state index in [0.29, 0.717) is 0 Å². The molecule has 0 aliphatic rings. The fourth-order valence-electron chi connectivity index (χ4n) is 11.0. The van der Waals surface area contributed by atoms with Crippen molar-refractivity contribution in [1.29, 1.82) is 0 Å². The first kappa shape index (κ1) is 42.8. The second-order valence-corrected chi connectivity index (χ2v) is 18.6. The molecule has 6 heteroatoms. The van der Waals surface area contributed by atoms with Crippen molar-refractivity contribution in [1.82, 2.24) is 19.1 Å². The lowest BCUT2D eigenvalue weighted by atomic mass is 10.0. The van der Waals surface area contributed by atoms with Crippen LogP contribution in [0.1, 0.15) is 0 Å². The first-order chi connectivity index (χ1) is 36.7. The van der Waals surface area contributed by atoms with Gasteiger partial charge in [-0.15, -0.1) is 0 Å². The standard InChI is InChI=1S/C68H46N6/c1-3-21-49(22-4-1)71(63-35-17-19-37-65(63)73-59-31-13-7-25-53(59)54-26-8-14-32-60(54)73)51-43-39-47(40-44-51)67-68(70-58-30-12-11-29-57(58)69-67)48-41-45-52(46-42-48)72(50-23-5-2-6-24-50)64-36-18-20-38-66(64)74-61-33-15-9-27-55(61)56-28-10-16-34-62(56)74/h1-46H. The van der Waals surface area contributed by atoms with Gasteiger partial charge in [-0.3, -0.25) is 0 Å². The Hall–Kier alpha value is -10.0. The molecule has 0 radical (unpaired) electrons. The number of hydrogen-bond donors (Lipinski definition) is 0. The molecule has 348 valence electrons. The Morgan fingerprint density at radius 2 is 0.527 bits per heavy atom. The molecule has 14 rings (SSSR count). The largest absolute Gasteiger partial charge is 0.308 e. The molecule has 14 aromatic rings. The maximum Gasteiger partial charge on any atom is 0.0973 e. The molecule has 6 nitrogen and oxygen atoms in total. The van der Waals surface area contributed by atoms with Gasteiger partial charge in [0.05, 0.1) is 67.2 Å². The number of rotatable bonds is 10. The van der Waals surface area contributed by atoms with Gasteiger partial charge in [0.2, 0.25) is 0 Å². The number of fused-ring (bicyclic) bond motifs is 7. The summed E-state index contributed by atoms with van der Waals surface area (Å²) in [5.41, 5.74) is 18.4. The highest BCUT2D eigenvalue weighted by atomic mass is 15.2. The van der Waals surface area contributed by atoms with Crippen LogP contribution in [-0.2, 0) is 0 Å². The van der Waals surface area contributed by atoms with E-state index in [-0.39, 0.29) is 0 Å². The maximum absolute atomic E-state index is 5.37. The van der Waals surface area contributed by atoms with E-state index in [9.17, 15) is 0 Å². The predicted octanol–water partition coefficient (Wildman–Crippen LogP) is 18.1. The summed E-state index contributed by atoms with van der Waals surface area (Å²) in [6.07, 6.45) is 0. The zero-order chi connectivity index (χ0) is 49.0. The van der Waals surface area contributed by atoms with Crippen molar-refractivity contribution in [2.75, 3.05) is 9.80 Å². The molecular weight excluding hydrogens is 901 g/mol. The van der Waals surface area contributed by atoms with Gasteiger partial charge in [0.25, 0.3) is 0 Å². The molecule has 0 aliphatic heterocycles. The molecule has 0 unspecified atom stereocenters. The van der Waals surface area contributed by atoms with Crippen LogP contribution in [0.5, 0.6) is 0 Å². The molecule has 0 atom stereocenters. The highest BCUT2D eigenvalue weighted by Gasteiger charge is 2.23. The Balaban J connectivity index is 0.879. The highest BCUT2D eigenvalue weighted by Crippen LogP contribution is 2.45. The average molecular weight is 947 g/mol. The van der Waals surface area contributed by atoms with Gasteiger partial charge in [-0.2, -0.15) is 0 Å². The molecule has 0 saturated carbocycles. The molecule has 0 amide bonds. The summed E-state index contributed by atoms with van der Waals surface area (Å²) >= 11 is 0. The summed E-state index contributed by atoms with van der Waals surface area (Å²) in [6, 6.07) is 99.1. The third kappa shape index (κ3) is 7.19. The summed E-state index contributed by atoms with van der Waals surface area (Å²) in [6.45, 7) is 0. The van der Waals surface area contributed by atoms with Crippen LogP contribution >= 0.6 is 0 Å². The normalized spacial score (nSPS) is 11.5. The molecular formula is C68H46N6. The lowest BCUT2D eigenvalue weighted by molar-refractivity contribution is 1.15. The van der Waals surface area contributed by atoms with E-state index >= 15 is 0 Å². The SMILES string of the molecule is c1ccc(N(c2ccc(-c3nc4ccccc4nc3-c3ccc(N(c4ccccc4)c4ccccc4-n4c5ccccc5c5ccccc54)cc3)cc2)c2ccccc2-n2c3ccccc3c3ccccc32)cc1. The fraction of sp³-hybridized carbons (Fsp3) is 0. The van der Waals surface area contributed by atoms with Crippen LogP contribution in [0.2, 0.25) is 0 Å². The predicted molar refractivity (Wildman–Crippen MR) is 308 cm³/mol. The third-order valence-corrected chi connectivity index (χ3v) is 14.3. The topological polar surface area (TPSA) is 42.1 Å². The molecule has 0 N–H and O–H groups in total. The van der Waals surface area contributed by atoms with Crippen LogP contribution in [0, 0.1) is 0 Å². The Kier molecular flexibility index (Phi) is 10.4. The van der Waals surface area contributed by atoms with Gasteiger partial charge >= 0.3 is 0 Å². The van der Waals surface area contributed by atoms with Crippen molar-refractivity contribution < 1.29 is 0 Å². The average Bonchev–Trinajstić information content (AvgIpc) is 4.00. The molecule has 0 spiro atoms. The monoisotopic (exact) mass is 946 g/mol. The van der Waals surface area contributed by atoms with E-state index in [0.717, 1.165) is 101 Å². The number of hydrogen-bond acceptors (Lipinski definition) is 4. The Morgan fingerprint density at radius 3 is 0.892 bits per heavy atom. The van der Waals surface area contributed by atoms with Crippen molar-refractivity contribution in [3.8, 4) is 33.9 Å². The summed E-state index contributed by atoms with van der Waals surface area (Å²) in [7, 11) is 0. The molecule has 0 bridgehead atoms. The Labute approximate surface area is 428 Å². The van der Waals surface area contributed by atoms with Crippen molar-refractivity contribution in [3.63, 3.8) is 0 Å². The number of para-hydroxylation sites is 12. The lowest BCUT2D eigenvalue weighted by Gasteiger charge is -2.28. The summed E-state index contributed by atoms with van der Waals surface area (Å²) < 4.78 is 4.80. The molecule has 0 aliphatic carbocycles. The van der Waals surface area contributed by atoms with E-state index in [1.165, 1.54) is 21.5 Å². The van der Waals surface area contributed by atoms with Crippen LogP contribution in [-0.4, -0.2) is 19.1 Å². The van der Waals surface area contributed by atoms with Gasteiger partial charge in [0, 0.05) is 55.4 Å². The lowest BCUT2D eigenvalue weighted by Crippen LogP contribution is -2.13. The van der Waals surface area contributed by atoms with E-state index in [1.54, 1.807) is 0 Å². The molecule has 11 aromatic carbocycles. The van der Waals surface area contributed by atoms with Gasteiger partial charge in [-0.25, -0.2) is 9.97 Å². The van der Waals surface area contributed by atoms with E-state index in [1.807, 2.05) is 24.3 Å². The minimum Gasteiger partial charge on any atom is -0.308 e. The van der Waals surface area contributed by atoms with Gasteiger partial charge in [0.1, 0.15) is 0 Å². The number of benzene rings is 11. The van der Waals surface area contributed by atoms with E-state index in [2.05, 4.69) is 274 Å². The Morgan fingerprint density at radius 1 is 0.243 bits per heavy atom. The summed E-state index contributed by atoms with van der Waals surface area (Å²) in [4.78, 5) is 15.4. The maximum atomic E-state index is 5.37. The fourth-order valence-corrected chi connectivity index (χ4v) is 11.0. The van der Waals surface area contributed by atoms with Gasteiger partial charge in [0.15, 0.2) is 0 Å². The van der Waals surface area contributed by atoms with Crippen LogP contribution < -0.4 is 9.80 Å². The second kappa shape index (κ2) is 18.0. The number of anilines is 6. The minimum absolute atomic E-state index is 0.816. The van der Waals surface area contributed by atoms with Gasteiger partial charge in [-0.1, -0.05) is 170 Å². The van der Waals surface area contributed by atoms with Crippen molar-refractivity contribution in [2.24, 2.45) is 0 Å². The molecule has 74 heavy (non-hydrogen) atoms. The van der Waals surface area contributed by atoms with Crippen LogP contribution in [0.15, 0.2) is 279 Å². The first-order valence-electron chi connectivity index (χ1n) is 25.1. The van der Waals surface area contributed by atoms with Crippen molar-refractivity contribution in [2.45, 2.75) is 0 Å². The summed E-state index contributed by atoms with van der Waals surface area (Å²) in [5.74, 6) is 0. The zero-order valence-electron chi connectivity index (χ0n) is 40.2. The van der Waals surface area contributed by atoms with Crippen molar-refractivity contribution in [3.05, 3.63) is 279 Å². The first-order valence-corrected chi connectivity index (χ1v) is 25.1. The highest BCUT2D eigenvalue weighted by molar-refractivity contribution is 6.11. The van der Waals surface area contributed by atoms with E-state index < -0.39 is 0 Å². The molecule has 3 heterocycles. The third-order valence-electron chi connectivity index (χ3n) is 14.3. The second-order valence-electron chi connectivity index (χ2n) is 18.6. The Bertz CT molecular complexity index is 3980. The van der Waals surface area contributed by atoms with Crippen LogP contribution in [0.4, 0.5) is 34.1 Å². The quantitative estimate of drug-likeness (QED) is 0.137. The van der Waals surface area contributed by atoms with Crippen LogP contribution in [0.3, 0.4) is 0 Å². The number of aromatic nitrogens is 4. The van der Waals surface area contributed by atoms with Crippen molar-refractivity contribution >= 4 is 88.8 Å². The summed E-state index contributed by atoms with van der Waals surface area (Å²) in [5, 5.41) is 4.91. The zero-order valence-corrected chi connectivity index (χ0v) is 40.2. The van der Waals surface area contributed by atoms with Gasteiger partial charge < -0.3 is 18.9 Å². The minimum atomic E-state index is 0.816. The molecule has 0 fully saturated rings. The smallest absolute Gasteiger partial charge is 0.0973 e. The van der Waals surface area contributed by atoms with E-state index in [4.69, 9.17) is 9.97 Å². The number of nitrogens with zero attached hydrogens (tertiary/aromatic N) is 6. The molecule has 0 saturated heterocycles. The van der Waals surface area contributed by atoms with Crippen LogP contribution in [0.25, 0.3) is 88.5 Å². The molecule has 3 aromatic heterocycles.